The molecule has 3 N–H and O–H groups in total. The van der Waals surface area contributed by atoms with Crippen molar-refractivity contribution < 1.29 is 9.90 Å². The molecule has 14 heavy (non-hydrogen) atoms. The van der Waals surface area contributed by atoms with Crippen LogP contribution in [0.15, 0.2) is 12.3 Å². The van der Waals surface area contributed by atoms with Crippen molar-refractivity contribution in [2.75, 3.05) is 0 Å². The molecule has 0 aliphatic heterocycles. The van der Waals surface area contributed by atoms with Crippen molar-refractivity contribution in [2.45, 2.75) is 25.9 Å². The van der Waals surface area contributed by atoms with Crippen LogP contribution in [0.2, 0.25) is 5.15 Å². The van der Waals surface area contributed by atoms with Crippen LogP contribution in [-0.2, 0) is 4.79 Å². The van der Waals surface area contributed by atoms with E-state index < -0.39 is 12.0 Å². The molecule has 0 aliphatic rings. The van der Waals surface area contributed by atoms with Crippen molar-refractivity contribution in [2.24, 2.45) is 5.73 Å². The predicted octanol–water partition coefficient (Wildman–Crippen LogP) is 1.81. The average molecular weight is 217 g/mol. The summed E-state index contributed by atoms with van der Waals surface area (Å²) in [6, 6.07) is 0.769. The quantitative estimate of drug-likeness (QED) is 0.810. The number of nitrogens with two attached hydrogens (primary N) is 1. The first-order chi connectivity index (χ1) is 6.43. The largest absolute Gasteiger partial charge is 0.480 e. The molecule has 78 valence electrons. The van der Waals surface area contributed by atoms with Gasteiger partial charge in [-0.2, -0.15) is 0 Å². The second kappa shape index (κ2) is 4.02. The molecule has 0 radical (unpaired) electrons. The van der Waals surface area contributed by atoms with E-state index in [-0.39, 0.29) is 6.04 Å². The first-order valence-electron chi connectivity index (χ1n) is 4.29. The molecule has 1 aromatic heterocycles. The Morgan fingerprint density at radius 3 is 2.57 bits per heavy atom. The molecule has 0 aromatic carbocycles. The predicted molar refractivity (Wildman–Crippen MR) is 54.4 cm³/mol. The number of aromatic nitrogens is 1. The van der Waals surface area contributed by atoms with Gasteiger partial charge >= 0.3 is 5.97 Å². The van der Waals surface area contributed by atoms with Gasteiger partial charge in [-0.15, -0.1) is 0 Å². The summed E-state index contributed by atoms with van der Waals surface area (Å²) in [5.41, 5.74) is 5.97. The van der Waals surface area contributed by atoms with Crippen LogP contribution in [0, 0.1) is 0 Å². The van der Waals surface area contributed by atoms with Crippen molar-refractivity contribution >= 4 is 17.6 Å². The van der Waals surface area contributed by atoms with E-state index in [1.54, 1.807) is 16.8 Å². The van der Waals surface area contributed by atoms with E-state index in [1.165, 1.54) is 0 Å². The zero-order chi connectivity index (χ0) is 10.9. The summed E-state index contributed by atoms with van der Waals surface area (Å²) in [4.78, 5) is 10.6. The minimum Gasteiger partial charge on any atom is -0.480 e. The molecule has 5 heteroatoms. The van der Waals surface area contributed by atoms with Crippen molar-refractivity contribution in [3.63, 3.8) is 0 Å². The highest BCUT2D eigenvalue weighted by Crippen LogP contribution is 2.22. The van der Waals surface area contributed by atoms with E-state index in [4.69, 9.17) is 22.4 Å². The van der Waals surface area contributed by atoms with Gasteiger partial charge in [-0.05, 0) is 25.5 Å². The van der Waals surface area contributed by atoms with Crippen molar-refractivity contribution in [3.05, 3.63) is 23.0 Å². The summed E-state index contributed by atoms with van der Waals surface area (Å²) in [5, 5.41) is 9.20. The lowest BCUT2D eigenvalue weighted by atomic mass is 10.2. The van der Waals surface area contributed by atoms with E-state index >= 15 is 0 Å². The molecular weight excluding hydrogens is 204 g/mol. The zero-order valence-corrected chi connectivity index (χ0v) is 8.82. The van der Waals surface area contributed by atoms with Gasteiger partial charge in [-0.1, -0.05) is 11.6 Å². The second-order valence-electron chi connectivity index (χ2n) is 3.41. The molecule has 1 heterocycles. The number of carboxylic acids is 1. The van der Waals surface area contributed by atoms with Gasteiger partial charge in [0, 0.05) is 12.2 Å². The van der Waals surface area contributed by atoms with Crippen molar-refractivity contribution in [1.82, 2.24) is 4.57 Å². The molecule has 4 nitrogen and oxygen atoms in total. The number of aliphatic carboxylic acids is 1. The maximum atomic E-state index is 10.6. The molecule has 1 rings (SSSR count). The third kappa shape index (κ3) is 2.08. The SMILES string of the molecule is CC(C)n1cc(C(N)C(=O)O)cc1Cl. The Hall–Kier alpha value is -1.00. The Morgan fingerprint density at radius 2 is 2.21 bits per heavy atom. The van der Waals surface area contributed by atoms with Crippen LogP contribution in [0.5, 0.6) is 0 Å². The highest BCUT2D eigenvalue weighted by Gasteiger charge is 2.17. The minimum atomic E-state index is -1.05. The summed E-state index contributed by atoms with van der Waals surface area (Å²) in [6.07, 6.45) is 1.67. The molecule has 0 saturated heterocycles. The van der Waals surface area contributed by atoms with Crippen molar-refractivity contribution in [1.29, 1.82) is 0 Å². The fraction of sp³-hybridized carbons (Fsp3) is 0.444. The van der Waals surface area contributed by atoms with Crippen LogP contribution >= 0.6 is 11.6 Å². The Bertz CT molecular complexity index is 347. The van der Waals surface area contributed by atoms with Crippen LogP contribution in [0.3, 0.4) is 0 Å². The number of hydrogen-bond donors (Lipinski definition) is 2. The number of halogens is 1. The normalized spacial score (nSPS) is 13.2. The second-order valence-corrected chi connectivity index (χ2v) is 3.80. The van der Waals surface area contributed by atoms with E-state index in [2.05, 4.69) is 0 Å². The minimum absolute atomic E-state index is 0.192. The lowest BCUT2D eigenvalue weighted by Crippen LogP contribution is -2.20. The topological polar surface area (TPSA) is 68.2 Å². The van der Waals surface area contributed by atoms with Crippen LogP contribution in [-0.4, -0.2) is 15.6 Å². The van der Waals surface area contributed by atoms with Crippen molar-refractivity contribution in [3.8, 4) is 0 Å². The van der Waals surface area contributed by atoms with Gasteiger partial charge in [-0.25, -0.2) is 0 Å². The number of rotatable bonds is 3. The summed E-state index contributed by atoms with van der Waals surface area (Å²) in [5.74, 6) is -1.05. The lowest BCUT2D eigenvalue weighted by molar-refractivity contribution is -0.138. The van der Waals surface area contributed by atoms with E-state index in [0.29, 0.717) is 10.7 Å². The zero-order valence-electron chi connectivity index (χ0n) is 8.07. The highest BCUT2D eigenvalue weighted by atomic mass is 35.5. The number of carbonyl (C=O) groups is 1. The molecule has 1 unspecified atom stereocenters. The van der Waals surface area contributed by atoms with Gasteiger partial charge in [0.05, 0.1) is 0 Å². The van der Waals surface area contributed by atoms with Gasteiger partial charge < -0.3 is 15.4 Å². The summed E-state index contributed by atoms with van der Waals surface area (Å²) in [6.45, 7) is 3.92. The third-order valence-corrected chi connectivity index (χ3v) is 2.31. The average Bonchev–Trinajstić information content (AvgIpc) is 2.45. The summed E-state index contributed by atoms with van der Waals surface area (Å²) < 4.78 is 1.78. The maximum Gasteiger partial charge on any atom is 0.325 e. The molecule has 0 fully saturated rings. The van der Waals surface area contributed by atoms with E-state index in [9.17, 15) is 4.79 Å². The fourth-order valence-electron chi connectivity index (χ4n) is 1.18. The maximum absolute atomic E-state index is 10.6. The fourth-order valence-corrected chi connectivity index (χ4v) is 1.55. The molecule has 1 aromatic rings. The first kappa shape index (κ1) is 11.1. The highest BCUT2D eigenvalue weighted by molar-refractivity contribution is 6.29. The van der Waals surface area contributed by atoms with Crippen LogP contribution in [0.25, 0.3) is 0 Å². The monoisotopic (exact) mass is 216 g/mol. The molecule has 0 amide bonds. The van der Waals surface area contributed by atoms with Gasteiger partial charge in [0.1, 0.15) is 11.2 Å². The third-order valence-electron chi connectivity index (χ3n) is 2.00. The Morgan fingerprint density at radius 1 is 1.64 bits per heavy atom. The van der Waals surface area contributed by atoms with Gasteiger partial charge in [0.15, 0.2) is 0 Å². The number of carboxylic acid groups (broad SMARTS) is 1. The van der Waals surface area contributed by atoms with E-state index in [1.807, 2.05) is 13.8 Å². The Labute approximate surface area is 87.3 Å². The van der Waals surface area contributed by atoms with Gasteiger partial charge in [0.25, 0.3) is 0 Å². The Balaban J connectivity index is 3.02. The smallest absolute Gasteiger partial charge is 0.325 e. The molecular formula is C9H13ClN2O2. The van der Waals surface area contributed by atoms with Gasteiger partial charge in [-0.3, -0.25) is 4.79 Å². The molecule has 0 saturated carbocycles. The Kier molecular flexibility index (Phi) is 3.18. The number of hydrogen-bond acceptors (Lipinski definition) is 2. The standard InChI is InChI=1S/C9H13ClN2O2/c1-5(2)12-4-6(3-7(12)10)8(11)9(13)14/h3-5,8H,11H2,1-2H3,(H,13,14). The molecule has 1 atom stereocenters. The van der Waals surface area contributed by atoms with Gasteiger partial charge in [0.2, 0.25) is 0 Å². The molecule has 0 aliphatic carbocycles. The first-order valence-corrected chi connectivity index (χ1v) is 4.67. The summed E-state index contributed by atoms with van der Waals surface area (Å²) in [7, 11) is 0. The lowest BCUT2D eigenvalue weighted by Gasteiger charge is -2.08. The summed E-state index contributed by atoms with van der Waals surface area (Å²) >= 11 is 5.90. The van der Waals surface area contributed by atoms with Crippen LogP contribution < -0.4 is 5.73 Å². The molecule has 0 spiro atoms. The molecule has 0 bridgehead atoms. The van der Waals surface area contributed by atoms with E-state index in [0.717, 1.165) is 0 Å². The van der Waals surface area contributed by atoms with Crippen LogP contribution in [0.1, 0.15) is 31.5 Å². The number of nitrogens with zero attached hydrogens (tertiary/aromatic N) is 1. The van der Waals surface area contributed by atoms with Crippen LogP contribution in [0.4, 0.5) is 0 Å².